The van der Waals surface area contributed by atoms with Crippen molar-refractivity contribution in [1.82, 2.24) is 0 Å². The van der Waals surface area contributed by atoms with Crippen molar-refractivity contribution in [1.29, 1.82) is 0 Å². The summed E-state index contributed by atoms with van der Waals surface area (Å²) >= 11 is 0. The van der Waals surface area contributed by atoms with E-state index in [2.05, 4.69) is 5.32 Å². The van der Waals surface area contributed by atoms with Crippen LogP contribution >= 0.6 is 0 Å². The molecule has 1 aromatic carbocycles. The SMILES string of the molecule is COc1cc(NC2CC3CCC2O3)ccc1[N+](=O)[O-]. The third-order valence-corrected chi connectivity index (χ3v) is 3.83. The Labute approximate surface area is 110 Å². The van der Waals surface area contributed by atoms with Gasteiger partial charge in [0.1, 0.15) is 0 Å². The van der Waals surface area contributed by atoms with Crippen LogP contribution in [0.15, 0.2) is 18.2 Å². The van der Waals surface area contributed by atoms with Gasteiger partial charge in [-0.3, -0.25) is 10.1 Å². The first-order valence-electron chi connectivity index (χ1n) is 6.42. The van der Waals surface area contributed by atoms with Gasteiger partial charge in [-0.05, 0) is 25.3 Å². The van der Waals surface area contributed by atoms with Gasteiger partial charge in [0, 0.05) is 17.8 Å². The molecule has 3 unspecified atom stereocenters. The summed E-state index contributed by atoms with van der Waals surface area (Å²) in [5.41, 5.74) is 0.820. The Hall–Kier alpha value is -1.82. The Morgan fingerprint density at radius 3 is 2.89 bits per heavy atom. The second-order valence-electron chi connectivity index (χ2n) is 5.00. The van der Waals surface area contributed by atoms with E-state index in [4.69, 9.17) is 9.47 Å². The summed E-state index contributed by atoms with van der Waals surface area (Å²) < 4.78 is 10.8. The van der Waals surface area contributed by atoms with Gasteiger partial charge < -0.3 is 14.8 Å². The van der Waals surface area contributed by atoms with Gasteiger partial charge in [0.05, 0.1) is 30.3 Å². The van der Waals surface area contributed by atoms with Gasteiger partial charge in [-0.15, -0.1) is 0 Å². The molecule has 3 rings (SSSR count). The summed E-state index contributed by atoms with van der Waals surface area (Å²) in [6.45, 7) is 0. The summed E-state index contributed by atoms with van der Waals surface area (Å²) in [7, 11) is 1.44. The van der Waals surface area contributed by atoms with Crippen LogP contribution in [-0.4, -0.2) is 30.3 Å². The average molecular weight is 264 g/mol. The molecule has 1 N–H and O–H groups in total. The van der Waals surface area contributed by atoms with Gasteiger partial charge in [-0.25, -0.2) is 0 Å². The number of methoxy groups -OCH3 is 1. The van der Waals surface area contributed by atoms with E-state index in [1.807, 2.05) is 0 Å². The largest absolute Gasteiger partial charge is 0.490 e. The molecular weight excluding hydrogens is 248 g/mol. The van der Waals surface area contributed by atoms with Crippen LogP contribution in [0, 0.1) is 10.1 Å². The van der Waals surface area contributed by atoms with Crippen LogP contribution in [0.3, 0.4) is 0 Å². The lowest BCUT2D eigenvalue weighted by molar-refractivity contribution is -0.385. The molecule has 2 aliphatic rings. The molecule has 3 atom stereocenters. The number of hydrogen-bond acceptors (Lipinski definition) is 5. The molecule has 6 heteroatoms. The normalized spacial score (nSPS) is 28.4. The fraction of sp³-hybridized carbons (Fsp3) is 0.538. The van der Waals surface area contributed by atoms with E-state index in [0.717, 1.165) is 24.9 Å². The number of nitrogens with one attached hydrogen (secondary N) is 1. The van der Waals surface area contributed by atoms with E-state index in [-0.39, 0.29) is 17.5 Å². The molecule has 0 aromatic heterocycles. The van der Waals surface area contributed by atoms with Crippen molar-refractivity contribution in [2.45, 2.75) is 37.5 Å². The third kappa shape index (κ3) is 2.23. The zero-order chi connectivity index (χ0) is 13.4. The monoisotopic (exact) mass is 264 g/mol. The lowest BCUT2D eigenvalue weighted by Crippen LogP contribution is -2.30. The van der Waals surface area contributed by atoms with Crippen molar-refractivity contribution in [2.75, 3.05) is 12.4 Å². The van der Waals surface area contributed by atoms with E-state index in [1.165, 1.54) is 13.2 Å². The molecule has 0 spiro atoms. The molecule has 6 nitrogen and oxygen atoms in total. The second-order valence-corrected chi connectivity index (χ2v) is 5.00. The number of nitro groups is 1. The number of rotatable bonds is 4. The summed E-state index contributed by atoms with van der Waals surface area (Å²) in [6, 6.07) is 5.15. The van der Waals surface area contributed by atoms with E-state index in [1.54, 1.807) is 12.1 Å². The van der Waals surface area contributed by atoms with Gasteiger partial charge in [0.25, 0.3) is 0 Å². The first kappa shape index (κ1) is 12.2. The van der Waals surface area contributed by atoms with Crippen molar-refractivity contribution in [2.24, 2.45) is 0 Å². The molecule has 0 amide bonds. The Morgan fingerprint density at radius 1 is 1.47 bits per heavy atom. The average Bonchev–Trinajstić information content (AvgIpc) is 3.00. The van der Waals surface area contributed by atoms with Crippen LogP contribution in [0.4, 0.5) is 11.4 Å². The predicted molar refractivity (Wildman–Crippen MR) is 69.6 cm³/mol. The van der Waals surface area contributed by atoms with Crippen molar-refractivity contribution in [3.8, 4) is 5.75 Å². The fourth-order valence-corrected chi connectivity index (χ4v) is 2.92. The molecular formula is C13H16N2O4. The molecule has 2 bridgehead atoms. The molecule has 19 heavy (non-hydrogen) atoms. The highest BCUT2D eigenvalue weighted by atomic mass is 16.6. The number of ether oxygens (including phenoxy) is 2. The van der Waals surface area contributed by atoms with Crippen LogP contribution in [-0.2, 0) is 4.74 Å². The van der Waals surface area contributed by atoms with Gasteiger partial charge in [0.15, 0.2) is 5.75 Å². The highest BCUT2D eigenvalue weighted by Gasteiger charge is 2.40. The maximum Gasteiger partial charge on any atom is 0.311 e. The van der Waals surface area contributed by atoms with E-state index >= 15 is 0 Å². The zero-order valence-electron chi connectivity index (χ0n) is 10.7. The minimum absolute atomic E-state index is 0.0164. The smallest absolute Gasteiger partial charge is 0.311 e. The maximum absolute atomic E-state index is 10.8. The summed E-state index contributed by atoms with van der Waals surface area (Å²) in [6.07, 6.45) is 3.89. The molecule has 0 aliphatic carbocycles. The number of benzene rings is 1. The van der Waals surface area contributed by atoms with Crippen LogP contribution < -0.4 is 10.1 Å². The lowest BCUT2D eigenvalue weighted by Gasteiger charge is -2.21. The quantitative estimate of drug-likeness (QED) is 0.667. The molecule has 102 valence electrons. The third-order valence-electron chi connectivity index (χ3n) is 3.83. The number of anilines is 1. The molecule has 0 saturated carbocycles. The van der Waals surface area contributed by atoms with Gasteiger partial charge in [0.2, 0.25) is 0 Å². The summed E-state index contributed by atoms with van der Waals surface area (Å²) in [5.74, 6) is 0.277. The number of nitro benzene ring substituents is 1. The molecule has 1 aromatic rings. The van der Waals surface area contributed by atoms with Gasteiger partial charge >= 0.3 is 5.69 Å². The van der Waals surface area contributed by atoms with Crippen molar-refractivity contribution >= 4 is 11.4 Å². The van der Waals surface area contributed by atoms with Crippen molar-refractivity contribution in [3.63, 3.8) is 0 Å². The van der Waals surface area contributed by atoms with E-state index < -0.39 is 4.92 Å². The minimum Gasteiger partial charge on any atom is -0.490 e. The second kappa shape index (κ2) is 4.70. The topological polar surface area (TPSA) is 73.6 Å². The Kier molecular flexibility index (Phi) is 3.02. The molecule has 2 aliphatic heterocycles. The predicted octanol–water partition coefficient (Wildman–Crippen LogP) is 2.34. The van der Waals surface area contributed by atoms with Gasteiger partial charge in [-0.1, -0.05) is 0 Å². The molecule has 2 saturated heterocycles. The number of fused-ring (bicyclic) bond motifs is 2. The van der Waals surface area contributed by atoms with Gasteiger partial charge in [-0.2, -0.15) is 0 Å². The lowest BCUT2D eigenvalue weighted by atomic mass is 9.95. The van der Waals surface area contributed by atoms with Crippen molar-refractivity contribution in [3.05, 3.63) is 28.3 Å². The number of hydrogen-bond donors (Lipinski definition) is 1. The zero-order valence-corrected chi connectivity index (χ0v) is 10.7. The molecule has 0 radical (unpaired) electrons. The van der Waals surface area contributed by atoms with Crippen molar-refractivity contribution < 1.29 is 14.4 Å². The number of nitrogens with zero attached hydrogens (tertiary/aromatic N) is 1. The Balaban J connectivity index is 1.76. The van der Waals surface area contributed by atoms with Crippen LogP contribution in [0.25, 0.3) is 0 Å². The first-order valence-corrected chi connectivity index (χ1v) is 6.42. The molecule has 2 fully saturated rings. The van der Waals surface area contributed by atoms with Crippen LogP contribution in [0.1, 0.15) is 19.3 Å². The summed E-state index contributed by atoms with van der Waals surface area (Å²) in [4.78, 5) is 10.4. The first-order chi connectivity index (χ1) is 9.17. The Bertz CT molecular complexity index is 505. The minimum atomic E-state index is -0.441. The van der Waals surface area contributed by atoms with Crippen LogP contribution in [0.5, 0.6) is 5.75 Å². The summed E-state index contributed by atoms with van der Waals surface area (Å²) in [5, 5.41) is 14.2. The fourth-order valence-electron chi connectivity index (χ4n) is 2.92. The van der Waals surface area contributed by atoms with E-state index in [0.29, 0.717) is 12.1 Å². The standard InChI is InChI=1S/C13H16N2O4/c1-18-13-6-8(2-4-11(13)15(16)17)14-10-7-9-3-5-12(10)19-9/h2,4,6,9-10,12,14H,3,5,7H2,1H3. The maximum atomic E-state index is 10.8. The highest BCUT2D eigenvalue weighted by Crippen LogP contribution is 2.37. The highest BCUT2D eigenvalue weighted by molar-refractivity contribution is 5.58. The Morgan fingerprint density at radius 2 is 2.32 bits per heavy atom. The van der Waals surface area contributed by atoms with Crippen LogP contribution in [0.2, 0.25) is 0 Å². The molecule has 2 heterocycles. The van der Waals surface area contributed by atoms with E-state index in [9.17, 15) is 10.1 Å².